The predicted octanol–water partition coefficient (Wildman–Crippen LogP) is 5.57. The highest BCUT2D eigenvalue weighted by atomic mass is 16.5. The summed E-state index contributed by atoms with van der Waals surface area (Å²) in [5, 5.41) is 14.6. The van der Waals surface area contributed by atoms with Gasteiger partial charge in [0.25, 0.3) is 0 Å². The molecule has 132 valence electrons. The maximum atomic E-state index is 11.4. The molecule has 0 atom stereocenters. The number of carbonyl (C=O) groups is 1. The number of carboxylic acid groups (broad SMARTS) is 1. The van der Waals surface area contributed by atoms with Gasteiger partial charge in [-0.15, -0.1) is 0 Å². The van der Waals surface area contributed by atoms with Crippen molar-refractivity contribution >= 4 is 28.1 Å². The van der Waals surface area contributed by atoms with Crippen LogP contribution in [0.3, 0.4) is 0 Å². The molecule has 0 unspecified atom stereocenters. The van der Waals surface area contributed by atoms with Gasteiger partial charge in [0.2, 0.25) is 0 Å². The smallest absolute Gasteiger partial charge is 0.337 e. The molecule has 0 bridgehead atoms. The summed E-state index contributed by atoms with van der Waals surface area (Å²) in [6, 6.07) is 14.8. The van der Waals surface area contributed by atoms with E-state index in [9.17, 15) is 9.90 Å². The Morgan fingerprint density at radius 1 is 1.12 bits per heavy atom. The Morgan fingerprint density at radius 3 is 2.81 bits per heavy atom. The summed E-state index contributed by atoms with van der Waals surface area (Å²) in [6.07, 6.45) is 2.12. The minimum Gasteiger partial charge on any atom is -0.494 e. The third-order valence-electron chi connectivity index (χ3n) is 4.41. The fraction of sp³-hybridized carbons (Fsp3) is 0.190. The van der Waals surface area contributed by atoms with Gasteiger partial charge in [0.05, 0.1) is 23.5 Å². The van der Waals surface area contributed by atoms with Gasteiger partial charge in [-0.3, -0.25) is 0 Å². The molecule has 3 aromatic rings. The van der Waals surface area contributed by atoms with Crippen molar-refractivity contribution in [2.75, 3.05) is 11.9 Å². The minimum absolute atomic E-state index is 0.188. The van der Waals surface area contributed by atoms with Crippen LogP contribution in [0, 0.1) is 0 Å². The second kappa shape index (κ2) is 6.59. The first-order valence-corrected chi connectivity index (χ1v) is 8.67. The van der Waals surface area contributed by atoms with Crippen LogP contribution in [0.15, 0.2) is 48.5 Å². The Kier molecular flexibility index (Phi) is 4.13. The number of carboxylic acids is 1. The van der Waals surface area contributed by atoms with Crippen molar-refractivity contribution in [2.24, 2.45) is 0 Å². The first-order chi connectivity index (χ1) is 12.7. The number of benzene rings is 3. The van der Waals surface area contributed by atoms with E-state index >= 15 is 0 Å². The molecular formula is C21H19NO4. The standard InChI is InChI=1S/C21H19NO4/c1-2-3-9-25-15-8-7-13-11-17-19(12-14(13)10-15)26-18-6-4-5-16(21(23)24)20(18)22-17/h4-8,10-12,22H,2-3,9H2,1H3,(H,23,24). The van der Waals surface area contributed by atoms with Crippen molar-refractivity contribution in [2.45, 2.75) is 19.8 Å². The fourth-order valence-corrected chi connectivity index (χ4v) is 3.04. The van der Waals surface area contributed by atoms with Gasteiger partial charge in [-0.1, -0.05) is 25.5 Å². The number of hydrogen-bond donors (Lipinski definition) is 2. The molecule has 0 fully saturated rings. The summed E-state index contributed by atoms with van der Waals surface area (Å²) in [4.78, 5) is 11.4. The molecule has 2 N–H and O–H groups in total. The topological polar surface area (TPSA) is 67.8 Å². The van der Waals surface area contributed by atoms with Crippen LogP contribution in [0.5, 0.6) is 17.2 Å². The van der Waals surface area contributed by atoms with Crippen molar-refractivity contribution < 1.29 is 19.4 Å². The number of anilines is 2. The number of unbranched alkanes of at least 4 members (excludes halogenated alkanes) is 1. The van der Waals surface area contributed by atoms with E-state index in [0.717, 1.165) is 35.1 Å². The largest absolute Gasteiger partial charge is 0.494 e. The molecule has 0 radical (unpaired) electrons. The second-order valence-corrected chi connectivity index (χ2v) is 6.27. The first kappa shape index (κ1) is 16.3. The van der Waals surface area contributed by atoms with E-state index in [4.69, 9.17) is 9.47 Å². The van der Waals surface area contributed by atoms with Gasteiger partial charge in [-0.05, 0) is 53.6 Å². The van der Waals surface area contributed by atoms with Crippen molar-refractivity contribution in [3.05, 3.63) is 54.1 Å². The number of aromatic carboxylic acids is 1. The summed E-state index contributed by atoms with van der Waals surface area (Å²) in [5.41, 5.74) is 1.41. The van der Waals surface area contributed by atoms with Gasteiger partial charge >= 0.3 is 5.97 Å². The third-order valence-corrected chi connectivity index (χ3v) is 4.41. The van der Waals surface area contributed by atoms with Gasteiger partial charge in [-0.2, -0.15) is 0 Å². The third kappa shape index (κ3) is 2.92. The van der Waals surface area contributed by atoms with Crippen LogP contribution >= 0.6 is 0 Å². The fourth-order valence-electron chi connectivity index (χ4n) is 3.04. The molecule has 5 nitrogen and oxygen atoms in total. The molecule has 4 rings (SSSR count). The molecule has 1 aliphatic heterocycles. The van der Waals surface area contributed by atoms with Crippen LogP contribution in [-0.2, 0) is 0 Å². The lowest BCUT2D eigenvalue weighted by atomic mass is 10.1. The number of para-hydroxylation sites is 1. The highest BCUT2D eigenvalue weighted by Gasteiger charge is 2.22. The van der Waals surface area contributed by atoms with Crippen molar-refractivity contribution in [1.82, 2.24) is 0 Å². The molecule has 0 saturated heterocycles. The number of ether oxygens (including phenoxy) is 2. The molecule has 1 aliphatic rings. The summed E-state index contributed by atoms with van der Waals surface area (Å²) >= 11 is 0. The summed E-state index contributed by atoms with van der Waals surface area (Å²) in [7, 11) is 0. The van der Waals surface area contributed by atoms with Crippen LogP contribution in [0.1, 0.15) is 30.1 Å². The summed E-state index contributed by atoms with van der Waals surface area (Å²) in [6.45, 7) is 2.84. The lowest BCUT2D eigenvalue weighted by Gasteiger charge is -2.23. The van der Waals surface area contributed by atoms with Crippen LogP contribution in [0.4, 0.5) is 11.4 Å². The predicted molar refractivity (Wildman–Crippen MR) is 101 cm³/mol. The Balaban J connectivity index is 1.70. The lowest BCUT2D eigenvalue weighted by molar-refractivity contribution is 0.0697. The zero-order valence-electron chi connectivity index (χ0n) is 14.4. The lowest BCUT2D eigenvalue weighted by Crippen LogP contribution is -2.08. The molecule has 0 saturated carbocycles. The molecule has 26 heavy (non-hydrogen) atoms. The number of hydrogen-bond acceptors (Lipinski definition) is 4. The second-order valence-electron chi connectivity index (χ2n) is 6.27. The van der Waals surface area contributed by atoms with Crippen molar-refractivity contribution in [1.29, 1.82) is 0 Å². The zero-order valence-corrected chi connectivity index (χ0v) is 14.4. The Labute approximate surface area is 151 Å². The quantitative estimate of drug-likeness (QED) is 0.461. The maximum Gasteiger partial charge on any atom is 0.337 e. The first-order valence-electron chi connectivity index (χ1n) is 8.67. The number of nitrogens with one attached hydrogen (secondary N) is 1. The Bertz CT molecular complexity index is 997. The van der Waals surface area contributed by atoms with Gasteiger partial charge in [0, 0.05) is 0 Å². The maximum absolute atomic E-state index is 11.4. The molecular weight excluding hydrogens is 330 g/mol. The number of fused-ring (bicyclic) bond motifs is 3. The summed E-state index contributed by atoms with van der Waals surface area (Å²) in [5.74, 6) is 1.02. The van der Waals surface area contributed by atoms with Crippen LogP contribution in [0.2, 0.25) is 0 Å². The minimum atomic E-state index is -0.990. The Hall–Kier alpha value is -3.21. The van der Waals surface area contributed by atoms with Crippen LogP contribution in [-0.4, -0.2) is 17.7 Å². The highest BCUT2D eigenvalue weighted by molar-refractivity contribution is 6.00. The molecule has 0 amide bonds. The van der Waals surface area contributed by atoms with E-state index in [1.165, 1.54) is 0 Å². The van der Waals surface area contributed by atoms with E-state index < -0.39 is 5.97 Å². The zero-order chi connectivity index (χ0) is 18.1. The number of rotatable bonds is 5. The SMILES string of the molecule is CCCCOc1ccc2cc3c(cc2c1)Oc1cccc(C(=O)O)c1N3. The van der Waals surface area contributed by atoms with Crippen LogP contribution in [0.25, 0.3) is 10.8 Å². The highest BCUT2D eigenvalue weighted by Crippen LogP contribution is 2.45. The van der Waals surface area contributed by atoms with Gasteiger partial charge in [-0.25, -0.2) is 4.79 Å². The van der Waals surface area contributed by atoms with E-state index in [1.54, 1.807) is 18.2 Å². The van der Waals surface area contributed by atoms with E-state index in [0.29, 0.717) is 23.8 Å². The monoisotopic (exact) mass is 349 g/mol. The molecule has 5 heteroatoms. The van der Waals surface area contributed by atoms with Gasteiger partial charge in [0.1, 0.15) is 5.75 Å². The van der Waals surface area contributed by atoms with Crippen LogP contribution < -0.4 is 14.8 Å². The molecule has 0 spiro atoms. The molecule has 1 heterocycles. The molecule has 0 aliphatic carbocycles. The van der Waals surface area contributed by atoms with Crippen molar-refractivity contribution in [3.8, 4) is 17.2 Å². The average Bonchev–Trinajstić information content (AvgIpc) is 2.64. The normalized spacial score (nSPS) is 11.9. The van der Waals surface area contributed by atoms with E-state index in [-0.39, 0.29) is 5.56 Å². The van der Waals surface area contributed by atoms with Gasteiger partial charge < -0.3 is 19.9 Å². The van der Waals surface area contributed by atoms with Crippen molar-refractivity contribution in [3.63, 3.8) is 0 Å². The van der Waals surface area contributed by atoms with E-state index in [2.05, 4.69) is 12.2 Å². The summed E-state index contributed by atoms with van der Waals surface area (Å²) < 4.78 is 11.7. The Morgan fingerprint density at radius 2 is 2.00 bits per heavy atom. The molecule has 3 aromatic carbocycles. The molecule has 0 aromatic heterocycles. The average molecular weight is 349 g/mol. The van der Waals surface area contributed by atoms with E-state index in [1.807, 2.05) is 30.3 Å². The van der Waals surface area contributed by atoms with Gasteiger partial charge in [0.15, 0.2) is 11.5 Å².